The summed E-state index contributed by atoms with van der Waals surface area (Å²) in [5.74, 6) is 0.205. The molecule has 2 N–H and O–H groups in total. The Morgan fingerprint density at radius 1 is 0.917 bits per heavy atom. The van der Waals surface area contributed by atoms with E-state index < -0.39 is 0 Å². The number of hydrogen-bond donors (Lipinski definition) is 2. The second-order valence-corrected chi connectivity index (χ2v) is 5.58. The summed E-state index contributed by atoms with van der Waals surface area (Å²) in [6.07, 6.45) is 0. The van der Waals surface area contributed by atoms with Gasteiger partial charge in [-0.25, -0.2) is 0 Å². The Bertz CT molecular complexity index is 865. The summed E-state index contributed by atoms with van der Waals surface area (Å²) >= 11 is 6.09. The Labute approximate surface area is 144 Å². The van der Waals surface area contributed by atoms with Crippen LogP contribution in [0.1, 0.15) is 16.1 Å². The third kappa shape index (κ3) is 3.70. The van der Waals surface area contributed by atoms with Crippen LogP contribution < -0.4 is 10.6 Å². The van der Waals surface area contributed by atoms with E-state index in [1.54, 1.807) is 18.2 Å². The Morgan fingerprint density at radius 3 is 2.29 bits per heavy atom. The highest BCUT2D eigenvalue weighted by Crippen LogP contribution is 2.23. The molecule has 0 aliphatic carbocycles. The van der Waals surface area contributed by atoms with Gasteiger partial charge in [0, 0.05) is 5.69 Å². The molecule has 24 heavy (non-hydrogen) atoms. The van der Waals surface area contributed by atoms with Crippen molar-refractivity contribution >= 4 is 34.7 Å². The van der Waals surface area contributed by atoms with Gasteiger partial charge in [-0.05, 0) is 42.8 Å². The summed E-state index contributed by atoms with van der Waals surface area (Å²) in [6, 6.07) is 18.2. The van der Waals surface area contributed by atoms with Crippen molar-refractivity contribution in [3.05, 3.63) is 76.9 Å². The molecule has 0 aliphatic heterocycles. The summed E-state index contributed by atoms with van der Waals surface area (Å²) in [4.78, 5) is 12.2. The number of benzene rings is 2. The van der Waals surface area contributed by atoms with E-state index in [-0.39, 0.29) is 11.6 Å². The largest absolute Gasteiger partial charge is 0.338 e. The zero-order valence-corrected chi connectivity index (χ0v) is 13.7. The molecule has 0 saturated carbocycles. The van der Waals surface area contributed by atoms with E-state index in [4.69, 9.17) is 11.6 Å². The zero-order chi connectivity index (χ0) is 16.9. The monoisotopic (exact) mass is 338 g/mol. The van der Waals surface area contributed by atoms with Gasteiger partial charge in [0.25, 0.3) is 5.91 Å². The molecule has 3 rings (SSSR count). The van der Waals surface area contributed by atoms with Gasteiger partial charge < -0.3 is 10.6 Å². The number of nitrogens with one attached hydrogen (secondary N) is 2. The van der Waals surface area contributed by atoms with E-state index in [0.717, 1.165) is 16.9 Å². The van der Waals surface area contributed by atoms with Crippen LogP contribution in [0.4, 0.5) is 17.2 Å². The van der Waals surface area contributed by atoms with Gasteiger partial charge in [0.2, 0.25) is 0 Å². The third-order valence-electron chi connectivity index (χ3n) is 3.43. The molecule has 0 bridgehead atoms. The van der Waals surface area contributed by atoms with E-state index in [2.05, 4.69) is 20.8 Å². The Hall–Kier alpha value is -2.92. The summed E-state index contributed by atoms with van der Waals surface area (Å²) in [6.45, 7) is 1.93. The van der Waals surface area contributed by atoms with Crippen LogP contribution in [0.2, 0.25) is 5.02 Å². The summed E-state index contributed by atoms with van der Waals surface area (Å²) in [5, 5.41) is 14.4. The van der Waals surface area contributed by atoms with Crippen molar-refractivity contribution < 1.29 is 4.79 Å². The number of amides is 1. The summed E-state index contributed by atoms with van der Waals surface area (Å²) < 4.78 is 0. The lowest BCUT2D eigenvalue weighted by Crippen LogP contribution is -2.15. The standard InChI is InChI=1S/C18H15ClN4O/c1-12-6-2-4-8-14(12)21-18(24)16-10-11-17(23-22-16)20-15-9-5-3-7-13(15)19/h2-11H,1H3,(H,20,23)(H,21,24). The van der Waals surface area contributed by atoms with Crippen molar-refractivity contribution in [3.8, 4) is 0 Å². The number of anilines is 3. The molecule has 0 fully saturated rings. The molecule has 0 saturated heterocycles. The maximum Gasteiger partial charge on any atom is 0.276 e. The zero-order valence-electron chi connectivity index (χ0n) is 13.0. The molecular formula is C18H15ClN4O. The Kier molecular flexibility index (Phi) is 4.72. The lowest BCUT2D eigenvalue weighted by Gasteiger charge is -2.09. The van der Waals surface area contributed by atoms with E-state index in [9.17, 15) is 4.79 Å². The lowest BCUT2D eigenvalue weighted by molar-refractivity contribution is 0.102. The van der Waals surface area contributed by atoms with E-state index in [0.29, 0.717) is 10.8 Å². The van der Waals surface area contributed by atoms with E-state index in [1.807, 2.05) is 49.4 Å². The van der Waals surface area contributed by atoms with Crippen LogP contribution in [-0.4, -0.2) is 16.1 Å². The van der Waals surface area contributed by atoms with Gasteiger partial charge in [0.05, 0.1) is 10.7 Å². The number of hydrogen-bond acceptors (Lipinski definition) is 4. The van der Waals surface area contributed by atoms with Gasteiger partial charge in [-0.15, -0.1) is 10.2 Å². The van der Waals surface area contributed by atoms with E-state index in [1.165, 1.54) is 0 Å². The first-order chi connectivity index (χ1) is 11.6. The van der Waals surface area contributed by atoms with Gasteiger partial charge in [0.1, 0.15) is 0 Å². The first kappa shape index (κ1) is 16.0. The van der Waals surface area contributed by atoms with Gasteiger partial charge in [-0.3, -0.25) is 4.79 Å². The molecule has 0 unspecified atom stereocenters. The molecule has 120 valence electrons. The predicted molar refractivity (Wildman–Crippen MR) is 95.9 cm³/mol. The molecule has 0 atom stereocenters. The molecule has 0 aliphatic rings. The quantitative estimate of drug-likeness (QED) is 0.738. The lowest BCUT2D eigenvalue weighted by atomic mass is 10.2. The van der Waals surface area contributed by atoms with Gasteiger partial charge in [0.15, 0.2) is 11.5 Å². The molecule has 0 radical (unpaired) electrons. The minimum Gasteiger partial charge on any atom is -0.338 e. The van der Waals surface area contributed by atoms with Crippen molar-refractivity contribution in [2.75, 3.05) is 10.6 Å². The van der Waals surface area contributed by atoms with Crippen molar-refractivity contribution in [2.24, 2.45) is 0 Å². The van der Waals surface area contributed by atoms with Crippen molar-refractivity contribution in [2.45, 2.75) is 6.92 Å². The smallest absolute Gasteiger partial charge is 0.276 e. The van der Waals surface area contributed by atoms with Crippen LogP contribution in [0.15, 0.2) is 60.7 Å². The molecule has 1 aromatic heterocycles. The average Bonchev–Trinajstić information content (AvgIpc) is 2.59. The normalized spacial score (nSPS) is 10.2. The summed E-state index contributed by atoms with van der Waals surface area (Å²) in [5.41, 5.74) is 2.70. The number of aryl methyl sites for hydroxylation is 1. The van der Waals surface area contributed by atoms with Crippen LogP contribution in [0.25, 0.3) is 0 Å². The molecule has 0 spiro atoms. The van der Waals surface area contributed by atoms with E-state index >= 15 is 0 Å². The minimum atomic E-state index is -0.305. The highest BCUT2D eigenvalue weighted by atomic mass is 35.5. The maximum atomic E-state index is 12.2. The summed E-state index contributed by atoms with van der Waals surface area (Å²) in [7, 11) is 0. The molecule has 1 heterocycles. The Morgan fingerprint density at radius 2 is 1.62 bits per heavy atom. The first-order valence-electron chi connectivity index (χ1n) is 7.36. The average molecular weight is 339 g/mol. The number of nitrogens with zero attached hydrogens (tertiary/aromatic N) is 2. The Balaban J connectivity index is 1.71. The number of rotatable bonds is 4. The molecule has 5 nitrogen and oxygen atoms in total. The second kappa shape index (κ2) is 7.10. The van der Waals surface area contributed by atoms with Crippen LogP contribution in [0.5, 0.6) is 0 Å². The minimum absolute atomic E-state index is 0.239. The maximum absolute atomic E-state index is 12.2. The van der Waals surface area contributed by atoms with Crippen LogP contribution in [-0.2, 0) is 0 Å². The van der Waals surface area contributed by atoms with Gasteiger partial charge >= 0.3 is 0 Å². The number of para-hydroxylation sites is 2. The molecule has 1 amide bonds. The first-order valence-corrected chi connectivity index (χ1v) is 7.73. The SMILES string of the molecule is Cc1ccccc1NC(=O)c1ccc(Nc2ccccc2Cl)nn1. The fraction of sp³-hybridized carbons (Fsp3) is 0.0556. The molecule has 3 aromatic rings. The number of carbonyl (C=O) groups excluding carboxylic acids is 1. The number of aromatic nitrogens is 2. The number of carbonyl (C=O) groups is 1. The van der Waals surface area contributed by atoms with Crippen LogP contribution in [0.3, 0.4) is 0 Å². The molecular weight excluding hydrogens is 324 g/mol. The van der Waals surface area contributed by atoms with Crippen LogP contribution >= 0.6 is 11.6 Å². The van der Waals surface area contributed by atoms with Crippen molar-refractivity contribution in [1.82, 2.24) is 10.2 Å². The second-order valence-electron chi connectivity index (χ2n) is 5.18. The highest BCUT2D eigenvalue weighted by Gasteiger charge is 2.10. The third-order valence-corrected chi connectivity index (χ3v) is 3.76. The van der Waals surface area contributed by atoms with Crippen molar-refractivity contribution in [1.29, 1.82) is 0 Å². The van der Waals surface area contributed by atoms with Crippen molar-refractivity contribution in [3.63, 3.8) is 0 Å². The fourth-order valence-electron chi connectivity index (χ4n) is 2.12. The topological polar surface area (TPSA) is 66.9 Å². The highest BCUT2D eigenvalue weighted by molar-refractivity contribution is 6.33. The number of halogens is 1. The molecule has 2 aromatic carbocycles. The van der Waals surface area contributed by atoms with Gasteiger partial charge in [-0.2, -0.15) is 0 Å². The predicted octanol–water partition coefficient (Wildman–Crippen LogP) is 4.43. The van der Waals surface area contributed by atoms with Gasteiger partial charge in [-0.1, -0.05) is 41.9 Å². The van der Waals surface area contributed by atoms with Crippen LogP contribution in [0, 0.1) is 6.92 Å². The molecule has 6 heteroatoms. The fourth-order valence-corrected chi connectivity index (χ4v) is 2.30.